The molecule has 0 aliphatic carbocycles. The molecule has 0 unspecified atom stereocenters. The third-order valence-corrected chi connectivity index (χ3v) is 13.1. The van der Waals surface area contributed by atoms with Crippen LogP contribution in [0.25, 0.3) is 126 Å². The number of pyridine rings is 1. The topological polar surface area (TPSA) is 41.6 Å². The molecule has 13 aromatic rings. The first-order chi connectivity index (χ1) is 31.2. The number of nitrogens with zero attached hydrogens (tertiary/aromatic N) is 3. The minimum absolute atomic E-state index is 0.641. The van der Waals surface area contributed by atoms with Gasteiger partial charge in [-0.05, 0) is 119 Å². The van der Waals surface area contributed by atoms with E-state index in [2.05, 4.69) is 211 Å². The molecule has 11 aromatic carbocycles. The predicted octanol–water partition coefficient (Wildman–Crippen LogP) is 16.0. The van der Waals surface area contributed by atoms with Crippen LogP contribution in [0, 0.1) is 11.3 Å². The molecule has 0 spiro atoms. The van der Waals surface area contributed by atoms with Gasteiger partial charge in [0.2, 0.25) is 0 Å². The average molecular weight is 798 g/mol. The van der Waals surface area contributed by atoms with Crippen LogP contribution in [-0.4, -0.2) is 9.55 Å². The van der Waals surface area contributed by atoms with Gasteiger partial charge in [0.05, 0.1) is 33.9 Å². The Bertz CT molecular complexity index is 4000. The molecule has 0 saturated carbocycles. The number of benzene rings is 11. The van der Waals surface area contributed by atoms with Crippen molar-refractivity contribution in [1.82, 2.24) is 9.55 Å². The number of aromatic nitrogens is 2. The number of rotatable bonds is 4. The van der Waals surface area contributed by atoms with Gasteiger partial charge < -0.3 is 4.57 Å². The van der Waals surface area contributed by atoms with Crippen LogP contribution >= 0.6 is 0 Å². The second kappa shape index (κ2) is 13.7. The van der Waals surface area contributed by atoms with Gasteiger partial charge in [-0.15, -0.1) is 0 Å². The molecule has 0 fully saturated rings. The maximum atomic E-state index is 10.0. The smallest absolute Gasteiger partial charge is 0.0992 e. The van der Waals surface area contributed by atoms with Crippen molar-refractivity contribution < 1.29 is 0 Å². The van der Waals surface area contributed by atoms with Crippen molar-refractivity contribution in [2.24, 2.45) is 0 Å². The maximum absolute atomic E-state index is 10.0. The molecule has 2 aromatic heterocycles. The van der Waals surface area contributed by atoms with E-state index in [0.29, 0.717) is 5.56 Å². The Morgan fingerprint density at radius 1 is 0.349 bits per heavy atom. The molecule has 290 valence electrons. The summed E-state index contributed by atoms with van der Waals surface area (Å²) in [4.78, 5) is 5.26. The van der Waals surface area contributed by atoms with E-state index in [4.69, 9.17) is 4.98 Å². The van der Waals surface area contributed by atoms with Gasteiger partial charge in [-0.25, -0.2) is 4.98 Å². The summed E-state index contributed by atoms with van der Waals surface area (Å²) in [5.74, 6) is 0. The number of hydrogen-bond acceptors (Lipinski definition) is 2. The van der Waals surface area contributed by atoms with Crippen molar-refractivity contribution in [2.75, 3.05) is 0 Å². The van der Waals surface area contributed by atoms with E-state index in [1.165, 1.54) is 70.6 Å². The van der Waals surface area contributed by atoms with Crippen LogP contribution < -0.4 is 0 Å². The molecule has 3 nitrogen and oxygen atoms in total. The first kappa shape index (κ1) is 35.2. The van der Waals surface area contributed by atoms with Crippen LogP contribution in [0.5, 0.6) is 0 Å². The first-order valence-electron chi connectivity index (χ1n) is 21.4. The van der Waals surface area contributed by atoms with Crippen LogP contribution in [0.1, 0.15) is 5.56 Å². The minimum atomic E-state index is 0.641. The molecular formula is C60H35N3. The van der Waals surface area contributed by atoms with E-state index >= 15 is 0 Å². The fourth-order valence-corrected chi connectivity index (χ4v) is 10.4. The van der Waals surface area contributed by atoms with Crippen molar-refractivity contribution >= 4 is 86.6 Å². The highest BCUT2D eigenvalue weighted by molar-refractivity contribution is 6.30. The van der Waals surface area contributed by atoms with Gasteiger partial charge in [-0.1, -0.05) is 170 Å². The van der Waals surface area contributed by atoms with E-state index < -0.39 is 0 Å². The largest absolute Gasteiger partial charge is 0.309 e. The fraction of sp³-hybridized carbons (Fsp3) is 0. The lowest BCUT2D eigenvalue weighted by Crippen LogP contribution is -1.96. The van der Waals surface area contributed by atoms with Crippen LogP contribution in [0.4, 0.5) is 0 Å². The number of para-hydroxylation sites is 1. The number of fused-ring (bicyclic) bond motifs is 9. The van der Waals surface area contributed by atoms with Gasteiger partial charge in [0, 0.05) is 27.4 Å². The molecule has 0 radical (unpaired) electrons. The average Bonchev–Trinajstić information content (AvgIpc) is 3.67. The van der Waals surface area contributed by atoms with Crippen LogP contribution in [0.3, 0.4) is 0 Å². The maximum Gasteiger partial charge on any atom is 0.0992 e. The zero-order valence-electron chi connectivity index (χ0n) is 34.0. The normalized spacial score (nSPS) is 11.8. The van der Waals surface area contributed by atoms with E-state index in [9.17, 15) is 5.26 Å². The molecule has 0 saturated heterocycles. The third-order valence-electron chi connectivity index (χ3n) is 13.1. The second-order valence-electron chi connectivity index (χ2n) is 16.5. The van der Waals surface area contributed by atoms with Crippen LogP contribution in [-0.2, 0) is 0 Å². The molecule has 0 N–H and O–H groups in total. The lowest BCUT2D eigenvalue weighted by Gasteiger charge is -2.22. The minimum Gasteiger partial charge on any atom is -0.309 e. The summed E-state index contributed by atoms with van der Waals surface area (Å²) >= 11 is 0. The van der Waals surface area contributed by atoms with E-state index in [0.717, 1.165) is 55.2 Å². The Morgan fingerprint density at radius 2 is 0.825 bits per heavy atom. The first-order valence-corrected chi connectivity index (χ1v) is 21.4. The molecule has 0 aliphatic rings. The highest BCUT2D eigenvalue weighted by Crippen LogP contribution is 2.50. The van der Waals surface area contributed by atoms with Crippen molar-refractivity contribution in [1.29, 1.82) is 5.26 Å². The third kappa shape index (κ3) is 5.29. The lowest BCUT2D eigenvalue weighted by atomic mass is 9.81. The summed E-state index contributed by atoms with van der Waals surface area (Å²) in [6.45, 7) is 0. The van der Waals surface area contributed by atoms with E-state index in [1.54, 1.807) is 0 Å². The predicted molar refractivity (Wildman–Crippen MR) is 265 cm³/mol. The molecule has 2 heterocycles. The number of nitriles is 1. The second-order valence-corrected chi connectivity index (χ2v) is 16.5. The summed E-state index contributed by atoms with van der Waals surface area (Å²) in [7, 11) is 0. The Morgan fingerprint density at radius 3 is 1.43 bits per heavy atom. The Kier molecular flexibility index (Phi) is 7.67. The molecule has 3 heteroatoms. The van der Waals surface area contributed by atoms with Gasteiger partial charge in [-0.2, -0.15) is 5.26 Å². The highest BCUT2D eigenvalue weighted by Gasteiger charge is 2.23. The lowest BCUT2D eigenvalue weighted by molar-refractivity contribution is 1.18. The van der Waals surface area contributed by atoms with Gasteiger partial charge in [0.15, 0.2) is 0 Å². The van der Waals surface area contributed by atoms with Crippen molar-refractivity contribution in [2.45, 2.75) is 0 Å². The number of hydrogen-bond donors (Lipinski definition) is 0. The van der Waals surface area contributed by atoms with Gasteiger partial charge in [-0.3, -0.25) is 0 Å². The van der Waals surface area contributed by atoms with Gasteiger partial charge in [0.1, 0.15) is 0 Å². The Labute approximate surface area is 363 Å². The molecule has 0 amide bonds. The SMILES string of the molecule is N#Cc1ccc2c3ccc(-c4c5ccccc5c(-c5c6ccccc6c(-c6ccc7ccccc7n6)c6ccccc56)c5ccccc45)cc3n(-c3ccc4ccccc4c3)c2c1. The van der Waals surface area contributed by atoms with Crippen molar-refractivity contribution in [3.63, 3.8) is 0 Å². The van der Waals surface area contributed by atoms with E-state index in [1.807, 2.05) is 12.1 Å². The van der Waals surface area contributed by atoms with Gasteiger partial charge >= 0.3 is 0 Å². The van der Waals surface area contributed by atoms with Gasteiger partial charge in [0.25, 0.3) is 0 Å². The quantitative estimate of drug-likeness (QED) is 0.166. The van der Waals surface area contributed by atoms with Crippen molar-refractivity contribution in [3.8, 4) is 45.3 Å². The fourth-order valence-electron chi connectivity index (χ4n) is 10.4. The van der Waals surface area contributed by atoms with Crippen molar-refractivity contribution in [3.05, 3.63) is 218 Å². The molecule has 63 heavy (non-hydrogen) atoms. The van der Waals surface area contributed by atoms with Crippen LogP contribution in [0.2, 0.25) is 0 Å². The monoisotopic (exact) mass is 797 g/mol. The standard InChI is InChI=1S/C60H35N3/c61-36-37-25-30-43-44-31-27-41(35-56(44)63(55(43)33-37)42-29-26-38-13-1-2-15-40(38)34-42)57-45-16-4-8-20-49(45)59(50-21-9-5-17-46(50)57)60-51-22-10-6-18-47(51)58(48-19-7-11-23-52(48)60)54-32-28-39-14-3-12-24-53(39)62-54/h1-35H. The van der Waals surface area contributed by atoms with E-state index in [-0.39, 0.29) is 0 Å². The summed E-state index contributed by atoms with van der Waals surface area (Å²) in [6.07, 6.45) is 0. The Balaban J connectivity index is 1.11. The molecule has 0 atom stereocenters. The molecule has 0 bridgehead atoms. The summed E-state index contributed by atoms with van der Waals surface area (Å²) < 4.78 is 2.34. The summed E-state index contributed by atoms with van der Waals surface area (Å²) in [6, 6.07) is 78.8. The summed E-state index contributed by atoms with van der Waals surface area (Å²) in [5, 5.41) is 25.3. The van der Waals surface area contributed by atoms with Crippen LogP contribution in [0.15, 0.2) is 212 Å². The zero-order chi connectivity index (χ0) is 41.6. The summed E-state index contributed by atoms with van der Waals surface area (Å²) in [5.41, 5.74) is 11.7. The molecular weight excluding hydrogens is 763 g/mol. The highest BCUT2D eigenvalue weighted by atomic mass is 15.0. The zero-order valence-corrected chi connectivity index (χ0v) is 34.0. The Hall–Kier alpha value is -8.58. The molecule has 13 rings (SSSR count). The molecule has 0 aliphatic heterocycles.